The molecule has 0 spiro atoms. The number of nitrogens with one attached hydrogen (secondary N) is 1. The van der Waals surface area contributed by atoms with Crippen LogP contribution in [0.4, 0.5) is 9.18 Å². The number of hydrogen-bond acceptors (Lipinski definition) is 4. The highest BCUT2D eigenvalue weighted by Crippen LogP contribution is 2.34. The lowest BCUT2D eigenvalue weighted by Crippen LogP contribution is -2.43. The first-order valence-corrected chi connectivity index (χ1v) is 9.16. The van der Waals surface area contributed by atoms with E-state index in [0.29, 0.717) is 0 Å². The third kappa shape index (κ3) is 2.87. The lowest BCUT2D eigenvalue weighted by molar-refractivity contribution is -0.131. The molecule has 0 aromatic heterocycles. The summed E-state index contributed by atoms with van der Waals surface area (Å²) >= 11 is 6.07. The van der Waals surface area contributed by atoms with Crippen molar-refractivity contribution in [3.8, 4) is 0 Å². The van der Waals surface area contributed by atoms with E-state index >= 15 is 0 Å². The van der Waals surface area contributed by atoms with Crippen LogP contribution in [0, 0.1) is 5.82 Å². The van der Waals surface area contributed by atoms with E-state index in [1.54, 1.807) is 24.3 Å². The Hall–Kier alpha value is -3.26. The van der Waals surface area contributed by atoms with E-state index in [1.165, 1.54) is 13.0 Å². The number of fused-ring (bicyclic) bond motifs is 1. The van der Waals surface area contributed by atoms with Crippen LogP contribution in [0.1, 0.15) is 33.2 Å². The molecule has 0 saturated carbocycles. The fourth-order valence-corrected chi connectivity index (χ4v) is 3.98. The standard InChI is InChI=1S/C20H15ClFN3O4/c1-20(14-7-6-11(22)10-15(14)21)18(28)25(19(29)23-20)9-8-24-16(26)12-4-2-3-5-13(12)17(24)27/h2-7,10H,8-9H2,1H3,(H,23,29). The summed E-state index contributed by atoms with van der Waals surface area (Å²) in [4.78, 5) is 52.2. The van der Waals surface area contributed by atoms with Crippen molar-refractivity contribution in [2.75, 3.05) is 13.1 Å². The van der Waals surface area contributed by atoms with Crippen molar-refractivity contribution in [2.24, 2.45) is 0 Å². The highest BCUT2D eigenvalue weighted by atomic mass is 35.5. The molecule has 1 fully saturated rings. The van der Waals surface area contributed by atoms with E-state index in [9.17, 15) is 23.6 Å². The van der Waals surface area contributed by atoms with Crippen LogP contribution in [0.15, 0.2) is 42.5 Å². The van der Waals surface area contributed by atoms with Gasteiger partial charge in [-0.2, -0.15) is 0 Å². The molecule has 7 nitrogen and oxygen atoms in total. The minimum atomic E-state index is -1.48. The molecule has 2 aliphatic heterocycles. The van der Waals surface area contributed by atoms with Crippen LogP contribution >= 0.6 is 11.6 Å². The third-order valence-electron chi connectivity index (χ3n) is 5.17. The fourth-order valence-electron chi connectivity index (χ4n) is 3.62. The lowest BCUT2D eigenvalue weighted by atomic mass is 9.92. The molecular formula is C20H15ClFN3O4. The zero-order valence-electron chi connectivity index (χ0n) is 15.2. The number of carbonyl (C=O) groups excluding carboxylic acids is 4. The molecule has 1 N–H and O–H groups in total. The summed E-state index contributed by atoms with van der Waals surface area (Å²) in [6.45, 7) is 1.15. The Kier molecular flexibility index (Phi) is 4.38. The molecule has 29 heavy (non-hydrogen) atoms. The largest absolute Gasteiger partial charge is 0.325 e. The number of hydrogen-bond donors (Lipinski definition) is 1. The van der Waals surface area contributed by atoms with Crippen molar-refractivity contribution in [3.05, 3.63) is 70.0 Å². The number of amides is 5. The SMILES string of the molecule is CC1(c2ccc(F)cc2Cl)NC(=O)N(CCN2C(=O)c3ccccc3C2=O)C1=O. The zero-order valence-corrected chi connectivity index (χ0v) is 16.0. The van der Waals surface area contributed by atoms with Gasteiger partial charge in [-0.25, -0.2) is 9.18 Å². The quantitative estimate of drug-likeness (QED) is 0.614. The van der Waals surface area contributed by atoms with Crippen molar-refractivity contribution >= 4 is 35.4 Å². The fraction of sp³-hybridized carbons (Fsp3) is 0.200. The Morgan fingerprint density at radius 1 is 0.966 bits per heavy atom. The Morgan fingerprint density at radius 2 is 1.55 bits per heavy atom. The van der Waals surface area contributed by atoms with Gasteiger partial charge in [0, 0.05) is 23.7 Å². The average molecular weight is 416 g/mol. The molecule has 2 aliphatic rings. The molecule has 5 amide bonds. The molecule has 0 aliphatic carbocycles. The molecule has 1 atom stereocenters. The molecule has 0 bridgehead atoms. The van der Waals surface area contributed by atoms with Crippen LogP contribution < -0.4 is 5.32 Å². The topological polar surface area (TPSA) is 86.8 Å². The molecule has 1 unspecified atom stereocenters. The van der Waals surface area contributed by atoms with Crippen LogP contribution in [0.5, 0.6) is 0 Å². The predicted molar refractivity (Wildman–Crippen MR) is 101 cm³/mol. The maximum absolute atomic E-state index is 13.4. The summed E-state index contributed by atoms with van der Waals surface area (Å²) in [5.74, 6) is -2.11. The van der Waals surface area contributed by atoms with E-state index in [1.807, 2.05) is 0 Å². The van der Waals surface area contributed by atoms with Crippen molar-refractivity contribution in [3.63, 3.8) is 0 Å². The molecule has 148 valence electrons. The van der Waals surface area contributed by atoms with Gasteiger partial charge in [0.25, 0.3) is 17.7 Å². The maximum Gasteiger partial charge on any atom is 0.325 e. The predicted octanol–water partition coefficient (Wildman–Crippen LogP) is 2.54. The summed E-state index contributed by atoms with van der Waals surface area (Å²) < 4.78 is 13.4. The Bertz CT molecular complexity index is 1050. The highest BCUT2D eigenvalue weighted by molar-refractivity contribution is 6.32. The van der Waals surface area contributed by atoms with Crippen molar-refractivity contribution in [1.82, 2.24) is 15.1 Å². The van der Waals surface area contributed by atoms with Gasteiger partial charge < -0.3 is 5.32 Å². The second-order valence-corrected chi connectivity index (χ2v) is 7.35. The molecule has 9 heteroatoms. The Balaban J connectivity index is 1.54. The number of urea groups is 1. The van der Waals surface area contributed by atoms with Gasteiger partial charge in [-0.1, -0.05) is 29.8 Å². The van der Waals surface area contributed by atoms with Gasteiger partial charge in [0.05, 0.1) is 11.1 Å². The number of halogens is 2. The van der Waals surface area contributed by atoms with E-state index < -0.39 is 35.1 Å². The first-order chi connectivity index (χ1) is 13.7. The van der Waals surface area contributed by atoms with Gasteiger partial charge in [-0.15, -0.1) is 0 Å². The molecular weight excluding hydrogens is 401 g/mol. The molecule has 2 heterocycles. The monoisotopic (exact) mass is 415 g/mol. The van der Waals surface area contributed by atoms with Crippen molar-refractivity contribution in [2.45, 2.75) is 12.5 Å². The van der Waals surface area contributed by atoms with Crippen molar-refractivity contribution in [1.29, 1.82) is 0 Å². The summed E-state index contributed by atoms with van der Waals surface area (Å²) in [6.07, 6.45) is 0. The third-order valence-corrected chi connectivity index (χ3v) is 5.48. The molecule has 4 rings (SSSR count). The van der Waals surface area contributed by atoms with E-state index in [-0.39, 0.29) is 34.8 Å². The van der Waals surface area contributed by atoms with Gasteiger partial charge in [0.1, 0.15) is 11.4 Å². The van der Waals surface area contributed by atoms with Gasteiger partial charge in [-0.3, -0.25) is 24.2 Å². The van der Waals surface area contributed by atoms with Crippen LogP contribution in [0.25, 0.3) is 0 Å². The molecule has 2 aromatic rings. The minimum absolute atomic E-state index is 0.00310. The summed E-state index contributed by atoms with van der Waals surface area (Å²) in [7, 11) is 0. The maximum atomic E-state index is 13.4. The van der Waals surface area contributed by atoms with Crippen LogP contribution in [0.2, 0.25) is 5.02 Å². The first kappa shape index (κ1) is 19.1. The van der Waals surface area contributed by atoms with Crippen LogP contribution in [-0.4, -0.2) is 46.6 Å². The molecule has 2 aromatic carbocycles. The summed E-state index contributed by atoms with van der Waals surface area (Å²) in [5.41, 5.74) is -0.651. The molecule has 0 radical (unpaired) electrons. The van der Waals surface area contributed by atoms with E-state index in [2.05, 4.69) is 5.32 Å². The molecule has 1 saturated heterocycles. The lowest BCUT2D eigenvalue weighted by Gasteiger charge is -2.24. The number of nitrogens with zero attached hydrogens (tertiary/aromatic N) is 2. The van der Waals surface area contributed by atoms with Gasteiger partial charge in [0.2, 0.25) is 0 Å². The highest BCUT2D eigenvalue weighted by Gasteiger charge is 2.50. The average Bonchev–Trinajstić information content (AvgIpc) is 3.05. The normalized spacial score (nSPS) is 21.1. The van der Waals surface area contributed by atoms with E-state index in [4.69, 9.17) is 11.6 Å². The number of imide groups is 2. The summed E-state index contributed by atoms with van der Waals surface area (Å²) in [5, 5.41) is 2.57. The second kappa shape index (κ2) is 6.66. The van der Waals surface area contributed by atoms with Crippen LogP contribution in [0.3, 0.4) is 0 Å². The van der Waals surface area contributed by atoms with Gasteiger partial charge >= 0.3 is 6.03 Å². The first-order valence-electron chi connectivity index (χ1n) is 8.79. The second-order valence-electron chi connectivity index (χ2n) is 6.94. The summed E-state index contributed by atoms with van der Waals surface area (Å²) in [6, 6.07) is 9.27. The van der Waals surface area contributed by atoms with Crippen LogP contribution in [-0.2, 0) is 10.3 Å². The minimum Gasteiger partial charge on any atom is -0.319 e. The number of benzene rings is 2. The van der Waals surface area contributed by atoms with Crippen molar-refractivity contribution < 1.29 is 23.6 Å². The Morgan fingerprint density at radius 3 is 2.14 bits per heavy atom. The Labute approximate surface area is 170 Å². The van der Waals surface area contributed by atoms with E-state index in [0.717, 1.165) is 21.9 Å². The number of carbonyl (C=O) groups is 4. The number of rotatable bonds is 4. The van der Waals surface area contributed by atoms with Gasteiger partial charge in [0.15, 0.2) is 0 Å². The van der Waals surface area contributed by atoms with Gasteiger partial charge in [-0.05, 0) is 31.2 Å². The zero-order chi connectivity index (χ0) is 20.9. The smallest absolute Gasteiger partial charge is 0.319 e.